The first kappa shape index (κ1) is 13.1. The number of aromatic nitrogens is 1. The molecule has 0 saturated heterocycles. The second-order valence-corrected chi connectivity index (χ2v) is 6.54. The lowest BCUT2D eigenvalue weighted by atomic mass is 9.81. The summed E-state index contributed by atoms with van der Waals surface area (Å²) in [5.74, 6) is 0. The van der Waals surface area contributed by atoms with E-state index in [-0.39, 0.29) is 0 Å². The summed E-state index contributed by atoms with van der Waals surface area (Å²) in [6, 6.07) is 20.9. The molecule has 5 rings (SSSR count). The van der Waals surface area contributed by atoms with Crippen LogP contribution in [-0.4, -0.2) is 4.98 Å². The van der Waals surface area contributed by atoms with Gasteiger partial charge in [0, 0.05) is 16.0 Å². The summed E-state index contributed by atoms with van der Waals surface area (Å²) in [4.78, 5) is 4.99. The summed E-state index contributed by atoms with van der Waals surface area (Å²) in [6.07, 6.45) is 2.25. The van der Waals surface area contributed by atoms with E-state index in [1.165, 1.54) is 27.3 Å². The van der Waals surface area contributed by atoms with Crippen LogP contribution >= 0.6 is 11.6 Å². The standard InChI is InChI=1S/C21H14ClN/c22-15-8-5-14(6-9-15)21-18-11-10-17(18)20-16-4-2-1-3-13(16)7-12-19(20)23-21/h1-9,12H,10-11H2. The van der Waals surface area contributed by atoms with E-state index >= 15 is 0 Å². The molecule has 0 amide bonds. The van der Waals surface area contributed by atoms with Crippen LogP contribution in [-0.2, 0) is 12.8 Å². The highest BCUT2D eigenvalue weighted by molar-refractivity contribution is 6.30. The molecule has 0 fully saturated rings. The van der Waals surface area contributed by atoms with Crippen molar-refractivity contribution in [1.29, 1.82) is 0 Å². The molecule has 1 aliphatic carbocycles. The van der Waals surface area contributed by atoms with Crippen molar-refractivity contribution >= 4 is 33.3 Å². The number of nitrogens with zero attached hydrogens (tertiary/aromatic N) is 1. The van der Waals surface area contributed by atoms with E-state index in [2.05, 4.69) is 48.5 Å². The molecule has 0 unspecified atom stereocenters. The maximum absolute atomic E-state index is 6.02. The van der Waals surface area contributed by atoms with Gasteiger partial charge in [-0.15, -0.1) is 0 Å². The number of fused-ring (bicyclic) bond motifs is 5. The molecular formula is C21H14ClN. The quantitative estimate of drug-likeness (QED) is 0.404. The van der Waals surface area contributed by atoms with E-state index in [4.69, 9.17) is 16.6 Å². The molecular weight excluding hydrogens is 302 g/mol. The molecule has 1 heterocycles. The highest BCUT2D eigenvalue weighted by atomic mass is 35.5. The molecule has 23 heavy (non-hydrogen) atoms. The Labute approximate surface area is 139 Å². The van der Waals surface area contributed by atoms with Gasteiger partial charge in [-0.1, -0.05) is 54.1 Å². The highest BCUT2D eigenvalue weighted by Gasteiger charge is 2.23. The SMILES string of the molecule is Clc1ccc(-c2nc3ccc4ccccc4c3c3c2CC3)cc1. The second kappa shape index (κ2) is 4.81. The van der Waals surface area contributed by atoms with Gasteiger partial charge in [0.15, 0.2) is 0 Å². The fourth-order valence-corrected chi connectivity index (χ4v) is 3.74. The monoisotopic (exact) mass is 315 g/mol. The number of pyridine rings is 1. The summed E-state index contributed by atoms with van der Waals surface area (Å²) >= 11 is 6.02. The first-order chi connectivity index (χ1) is 11.3. The van der Waals surface area contributed by atoms with Crippen molar-refractivity contribution in [1.82, 2.24) is 4.98 Å². The molecule has 2 heteroatoms. The third-order valence-electron chi connectivity index (χ3n) is 4.83. The Morgan fingerprint density at radius 1 is 0.783 bits per heavy atom. The number of aryl methyl sites for hydroxylation is 1. The van der Waals surface area contributed by atoms with Gasteiger partial charge in [0.05, 0.1) is 11.2 Å². The maximum atomic E-state index is 6.02. The van der Waals surface area contributed by atoms with Gasteiger partial charge in [-0.2, -0.15) is 0 Å². The Kier molecular flexibility index (Phi) is 2.74. The summed E-state index contributed by atoms with van der Waals surface area (Å²) in [5.41, 5.74) is 6.23. The number of halogens is 1. The molecule has 0 atom stereocenters. The second-order valence-electron chi connectivity index (χ2n) is 6.11. The molecule has 1 aliphatic rings. The maximum Gasteiger partial charge on any atom is 0.0744 e. The lowest BCUT2D eigenvalue weighted by molar-refractivity contribution is 0.847. The molecule has 0 radical (unpaired) electrons. The van der Waals surface area contributed by atoms with Crippen LogP contribution in [0.3, 0.4) is 0 Å². The number of rotatable bonds is 1. The largest absolute Gasteiger partial charge is 0.247 e. The first-order valence-electron chi connectivity index (χ1n) is 7.90. The minimum absolute atomic E-state index is 0.763. The zero-order valence-electron chi connectivity index (χ0n) is 12.5. The molecule has 0 spiro atoms. The van der Waals surface area contributed by atoms with Crippen LogP contribution in [0.2, 0.25) is 5.02 Å². The van der Waals surface area contributed by atoms with Crippen molar-refractivity contribution in [3.63, 3.8) is 0 Å². The van der Waals surface area contributed by atoms with E-state index in [1.807, 2.05) is 12.1 Å². The van der Waals surface area contributed by atoms with Crippen molar-refractivity contribution in [3.05, 3.63) is 76.8 Å². The van der Waals surface area contributed by atoms with Crippen molar-refractivity contribution < 1.29 is 0 Å². The summed E-state index contributed by atoms with van der Waals surface area (Å²) in [6.45, 7) is 0. The van der Waals surface area contributed by atoms with Crippen LogP contribution in [0.5, 0.6) is 0 Å². The molecule has 3 aromatic carbocycles. The number of hydrogen-bond acceptors (Lipinski definition) is 1. The number of benzene rings is 3. The number of hydrogen-bond donors (Lipinski definition) is 0. The normalized spacial score (nSPS) is 13.1. The van der Waals surface area contributed by atoms with Crippen molar-refractivity contribution in [3.8, 4) is 11.3 Å². The molecule has 0 N–H and O–H groups in total. The highest BCUT2D eigenvalue weighted by Crippen LogP contribution is 2.40. The molecule has 0 saturated carbocycles. The Morgan fingerprint density at radius 2 is 1.57 bits per heavy atom. The van der Waals surface area contributed by atoms with Gasteiger partial charge >= 0.3 is 0 Å². The summed E-state index contributed by atoms with van der Waals surface area (Å²) in [5, 5.41) is 4.70. The van der Waals surface area contributed by atoms with E-state index in [9.17, 15) is 0 Å². The average molecular weight is 316 g/mol. The minimum atomic E-state index is 0.763. The predicted octanol–water partition coefficient (Wildman–Crippen LogP) is 5.81. The van der Waals surface area contributed by atoms with E-state index in [1.54, 1.807) is 0 Å². The Bertz CT molecular complexity index is 1060. The molecule has 0 bridgehead atoms. The molecule has 110 valence electrons. The first-order valence-corrected chi connectivity index (χ1v) is 8.28. The minimum Gasteiger partial charge on any atom is -0.247 e. The topological polar surface area (TPSA) is 12.9 Å². The zero-order chi connectivity index (χ0) is 15.4. The average Bonchev–Trinajstić information content (AvgIpc) is 2.55. The van der Waals surface area contributed by atoms with Gasteiger partial charge in [-0.3, -0.25) is 0 Å². The molecule has 0 aliphatic heterocycles. The lowest BCUT2D eigenvalue weighted by Crippen LogP contribution is -2.13. The smallest absolute Gasteiger partial charge is 0.0744 e. The van der Waals surface area contributed by atoms with Crippen LogP contribution in [0.1, 0.15) is 11.1 Å². The summed E-state index contributed by atoms with van der Waals surface area (Å²) in [7, 11) is 0. The van der Waals surface area contributed by atoms with Gasteiger partial charge in [-0.05, 0) is 52.9 Å². The zero-order valence-corrected chi connectivity index (χ0v) is 13.3. The van der Waals surface area contributed by atoms with E-state index in [0.29, 0.717) is 0 Å². The van der Waals surface area contributed by atoms with Crippen LogP contribution in [0.25, 0.3) is 32.9 Å². The van der Waals surface area contributed by atoms with Crippen LogP contribution < -0.4 is 0 Å². The van der Waals surface area contributed by atoms with E-state index in [0.717, 1.165) is 34.6 Å². The Balaban J connectivity index is 1.86. The van der Waals surface area contributed by atoms with Crippen LogP contribution in [0, 0.1) is 0 Å². The third-order valence-corrected chi connectivity index (χ3v) is 5.09. The fraction of sp³-hybridized carbons (Fsp3) is 0.0952. The van der Waals surface area contributed by atoms with Crippen molar-refractivity contribution in [2.24, 2.45) is 0 Å². The fourth-order valence-electron chi connectivity index (χ4n) is 3.62. The summed E-state index contributed by atoms with van der Waals surface area (Å²) < 4.78 is 0. The van der Waals surface area contributed by atoms with Gasteiger partial charge < -0.3 is 0 Å². The van der Waals surface area contributed by atoms with Crippen molar-refractivity contribution in [2.75, 3.05) is 0 Å². The molecule has 1 nitrogen and oxygen atoms in total. The molecule has 4 aromatic rings. The predicted molar refractivity (Wildman–Crippen MR) is 97.1 cm³/mol. The van der Waals surface area contributed by atoms with Crippen LogP contribution in [0.4, 0.5) is 0 Å². The van der Waals surface area contributed by atoms with Gasteiger partial charge in [0.1, 0.15) is 0 Å². The Hall–Kier alpha value is -2.38. The third kappa shape index (κ3) is 1.90. The van der Waals surface area contributed by atoms with Gasteiger partial charge in [-0.25, -0.2) is 4.98 Å². The Morgan fingerprint density at radius 3 is 2.35 bits per heavy atom. The lowest BCUT2D eigenvalue weighted by Gasteiger charge is -2.25. The molecule has 1 aromatic heterocycles. The van der Waals surface area contributed by atoms with Crippen molar-refractivity contribution in [2.45, 2.75) is 12.8 Å². The van der Waals surface area contributed by atoms with Gasteiger partial charge in [0.2, 0.25) is 0 Å². The van der Waals surface area contributed by atoms with Gasteiger partial charge in [0.25, 0.3) is 0 Å². The van der Waals surface area contributed by atoms with E-state index < -0.39 is 0 Å². The van der Waals surface area contributed by atoms with Crippen LogP contribution in [0.15, 0.2) is 60.7 Å².